The predicted molar refractivity (Wildman–Crippen MR) is 118 cm³/mol. The fourth-order valence-electron chi connectivity index (χ4n) is 2.73. The molecule has 9 nitrogen and oxygen atoms in total. The lowest BCUT2D eigenvalue weighted by Gasteiger charge is -2.15. The Morgan fingerprint density at radius 1 is 1.09 bits per heavy atom. The number of amides is 1. The summed E-state index contributed by atoms with van der Waals surface area (Å²) in [5, 5.41) is 13.7. The fourth-order valence-corrected chi connectivity index (χ4v) is 3.43. The quantitative estimate of drug-likeness (QED) is 0.533. The molecule has 168 valence electrons. The molecule has 3 rings (SSSR count). The average Bonchev–Trinajstić information content (AvgIpc) is 2.66. The summed E-state index contributed by atoms with van der Waals surface area (Å²) in [7, 11) is -2.59. The minimum Gasteiger partial charge on any atom is -0.339 e. The van der Waals surface area contributed by atoms with Gasteiger partial charge in [-0.1, -0.05) is 0 Å². The van der Waals surface area contributed by atoms with E-state index in [0.29, 0.717) is 28.1 Å². The molecule has 12 heteroatoms. The van der Waals surface area contributed by atoms with Gasteiger partial charge in [-0.15, -0.1) is 10.2 Å². The van der Waals surface area contributed by atoms with Gasteiger partial charge >= 0.3 is 5.92 Å². The van der Waals surface area contributed by atoms with E-state index in [1.807, 2.05) is 0 Å². The van der Waals surface area contributed by atoms with Gasteiger partial charge in [0.25, 0.3) is 0 Å². The van der Waals surface area contributed by atoms with Crippen molar-refractivity contribution in [3.8, 4) is 11.3 Å². The third-order valence-corrected chi connectivity index (χ3v) is 5.54. The third kappa shape index (κ3) is 5.67. The van der Waals surface area contributed by atoms with E-state index in [-0.39, 0.29) is 17.5 Å². The van der Waals surface area contributed by atoms with Crippen LogP contribution in [0.5, 0.6) is 0 Å². The SMILES string of the molecule is CC(=O)Nc1cc(Nc2cc(C)nc(C(C)(F)F)n2)c(-c2ccc(P(C)(C)=O)nn2)cn1. The lowest BCUT2D eigenvalue weighted by molar-refractivity contribution is -0.114. The standard InChI is InChI=1S/C20H22F2N7O2P/c1-11-8-17(27-19(24-11)20(3,21)22)26-15-9-16(25-12(2)30)23-10-13(15)14-6-7-18(29-28-14)32(4,5)31/h6-10H,1-5H3,(H2,23,24,25,26,27,30). The largest absolute Gasteiger partial charge is 0.339 e. The van der Waals surface area contributed by atoms with Crippen LogP contribution in [-0.2, 0) is 15.3 Å². The van der Waals surface area contributed by atoms with E-state index < -0.39 is 18.9 Å². The highest BCUT2D eigenvalue weighted by Crippen LogP contribution is 2.35. The summed E-state index contributed by atoms with van der Waals surface area (Å²) in [4.78, 5) is 23.4. The highest BCUT2D eigenvalue weighted by atomic mass is 31.2. The van der Waals surface area contributed by atoms with Gasteiger partial charge in [-0.25, -0.2) is 15.0 Å². The minimum absolute atomic E-state index is 0.131. The van der Waals surface area contributed by atoms with Crippen molar-refractivity contribution in [1.29, 1.82) is 0 Å². The number of nitrogens with one attached hydrogen (secondary N) is 2. The lowest BCUT2D eigenvalue weighted by atomic mass is 10.1. The Morgan fingerprint density at radius 2 is 1.81 bits per heavy atom. The Hall–Kier alpha value is -3.33. The average molecular weight is 461 g/mol. The van der Waals surface area contributed by atoms with E-state index in [1.54, 1.807) is 32.4 Å². The summed E-state index contributed by atoms with van der Waals surface area (Å²) in [5.74, 6) is -3.80. The first-order chi connectivity index (χ1) is 14.8. The Kier molecular flexibility index (Phi) is 6.32. The van der Waals surface area contributed by atoms with Gasteiger partial charge in [0, 0.05) is 43.4 Å². The molecule has 0 aliphatic carbocycles. The van der Waals surface area contributed by atoms with Crippen molar-refractivity contribution in [2.75, 3.05) is 24.0 Å². The van der Waals surface area contributed by atoms with Gasteiger partial charge in [-0.3, -0.25) is 4.79 Å². The molecule has 0 aliphatic rings. The maximum Gasteiger partial charge on any atom is 0.303 e. The Balaban J connectivity index is 2.08. The van der Waals surface area contributed by atoms with Crippen molar-refractivity contribution in [2.45, 2.75) is 26.7 Å². The highest BCUT2D eigenvalue weighted by Gasteiger charge is 2.29. The van der Waals surface area contributed by atoms with Crippen molar-refractivity contribution < 1.29 is 18.1 Å². The molecular weight excluding hydrogens is 439 g/mol. The first kappa shape index (κ1) is 23.3. The molecule has 32 heavy (non-hydrogen) atoms. The van der Waals surface area contributed by atoms with E-state index in [0.717, 1.165) is 6.92 Å². The second-order valence-corrected chi connectivity index (χ2v) is 10.8. The van der Waals surface area contributed by atoms with E-state index >= 15 is 0 Å². The monoisotopic (exact) mass is 461 g/mol. The number of pyridine rings is 1. The molecule has 0 saturated carbocycles. The number of hydrogen-bond acceptors (Lipinski definition) is 8. The number of hydrogen-bond donors (Lipinski definition) is 2. The zero-order valence-electron chi connectivity index (χ0n) is 18.1. The minimum atomic E-state index is -3.22. The Morgan fingerprint density at radius 3 is 2.38 bits per heavy atom. The van der Waals surface area contributed by atoms with Crippen LogP contribution in [0.3, 0.4) is 0 Å². The summed E-state index contributed by atoms with van der Waals surface area (Å²) < 4.78 is 39.8. The Bertz CT molecular complexity index is 1210. The molecular formula is C20H22F2N7O2P. The number of anilines is 3. The molecule has 1 amide bonds. The summed E-state index contributed by atoms with van der Waals surface area (Å²) in [6.45, 7) is 6.81. The van der Waals surface area contributed by atoms with Gasteiger partial charge in [-0.2, -0.15) is 8.78 Å². The number of halogens is 2. The van der Waals surface area contributed by atoms with Crippen molar-refractivity contribution in [3.63, 3.8) is 0 Å². The van der Waals surface area contributed by atoms with Crippen LogP contribution in [0.25, 0.3) is 11.3 Å². The fraction of sp³-hybridized carbons (Fsp3) is 0.300. The number of rotatable bonds is 6. The lowest BCUT2D eigenvalue weighted by Crippen LogP contribution is -2.15. The number of carbonyl (C=O) groups is 1. The van der Waals surface area contributed by atoms with Crippen LogP contribution in [0.15, 0.2) is 30.5 Å². The first-order valence-electron chi connectivity index (χ1n) is 9.51. The summed E-state index contributed by atoms with van der Waals surface area (Å²) >= 11 is 0. The van der Waals surface area contributed by atoms with Gasteiger partial charge < -0.3 is 15.2 Å². The van der Waals surface area contributed by atoms with E-state index in [1.165, 1.54) is 25.3 Å². The van der Waals surface area contributed by atoms with Gasteiger partial charge in [0.15, 0.2) is 0 Å². The molecule has 0 aromatic carbocycles. The smallest absolute Gasteiger partial charge is 0.303 e. The van der Waals surface area contributed by atoms with Crippen LogP contribution in [0.2, 0.25) is 0 Å². The van der Waals surface area contributed by atoms with Crippen LogP contribution < -0.4 is 16.1 Å². The third-order valence-electron chi connectivity index (χ3n) is 4.20. The zero-order valence-corrected chi connectivity index (χ0v) is 19.0. The highest BCUT2D eigenvalue weighted by molar-refractivity contribution is 7.69. The van der Waals surface area contributed by atoms with Crippen molar-refractivity contribution in [1.82, 2.24) is 25.1 Å². The molecule has 2 N–H and O–H groups in total. The van der Waals surface area contributed by atoms with Crippen molar-refractivity contribution >= 4 is 35.8 Å². The number of nitrogens with zero attached hydrogens (tertiary/aromatic N) is 5. The molecule has 0 atom stereocenters. The molecule has 3 heterocycles. The maximum absolute atomic E-state index is 13.8. The van der Waals surface area contributed by atoms with E-state index in [2.05, 4.69) is 35.8 Å². The van der Waals surface area contributed by atoms with Gasteiger partial charge in [-0.05, 0) is 32.4 Å². The molecule has 0 aliphatic heterocycles. The van der Waals surface area contributed by atoms with Crippen LogP contribution in [-0.4, -0.2) is 44.4 Å². The van der Waals surface area contributed by atoms with Crippen LogP contribution in [0.4, 0.5) is 26.1 Å². The molecule has 0 bridgehead atoms. The number of alkyl halides is 2. The van der Waals surface area contributed by atoms with E-state index in [9.17, 15) is 18.1 Å². The van der Waals surface area contributed by atoms with Crippen molar-refractivity contribution in [2.24, 2.45) is 0 Å². The Labute approximate surface area is 183 Å². The number of aromatic nitrogens is 5. The molecule has 0 saturated heterocycles. The van der Waals surface area contributed by atoms with Gasteiger partial charge in [0.1, 0.15) is 24.2 Å². The number of aryl methyl sites for hydroxylation is 1. The molecule has 0 spiro atoms. The molecule has 0 radical (unpaired) electrons. The van der Waals surface area contributed by atoms with Gasteiger partial charge in [0.05, 0.1) is 11.4 Å². The van der Waals surface area contributed by atoms with Crippen molar-refractivity contribution in [3.05, 3.63) is 42.0 Å². The molecule has 3 aromatic heterocycles. The molecule has 0 fully saturated rings. The first-order valence-corrected chi connectivity index (χ1v) is 12.1. The maximum atomic E-state index is 13.8. The van der Waals surface area contributed by atoms with Crippen LogP contribution >= 0.6 is 7.14 Å². The van der Waals surface area contributed by atoms with E-state index in [4.69, 9.17) is 0 Å². The summed E-state index contributed by atoms with van der Waals surface area (Å²) in [6, 6.07) is 6.28. The molecule has 0 unspecified atom stereocenters. The second-order valence-electron chi connectivity index (χ2n) is 7.66. The second kappa shape index (κ2) is 8.66. The number of carbonyl (C=O) groups excluding carboxylic acids is 1. The molecule has 3 aromatic rings. The topological polar surface area (TPSA) is 123 Å². The van der Waals surface area contributed by atoms with Gasteiger partial charge in [0.2, 0.25) is 11.7 Å². The van der Waals surface area contributed by atoms with Crippen LogP contribution in [0.1, 0.15) is 25.4 Å². The summed E-state index contributed by atoms with van der Waals surface area (Å²) in [6.07, 6.45) is 1.46. The predicted octanol–water partition coefficient (Wildman–Crippen LogP) is 3.70. The zero-order chi connectivity index (χ0) is 23.7. The summed E-state index contributed by atoms with van der Waals surface area (Å²) in [5.41, 5.74) is 1.99. The van der Waals surface area contributed by atoms with Crippen LogP contribution in [0, 0.1) is 6.92 Å². The normalized spacial score (nSPS) is 11.8.